The Bertz CT molecular complexity index is 637. The lowest BCUT2D eigenvalue weighted by atomic mass is 10.1. The van der Waals surface area contributed by atoms with Crippen LogP contribution in [0.4, 0.5) is 0 Å². The molecule has 0 aliphatic carbocycles. The summed E-state index contributed by atoms with van der Waals surface area (Å²) in [5.41, 5.74) is 2.61. The Kier molecular flexibility index (Phi) is 2.46. The van der Waals surface area contributed by atoms with Crippen molar-refractivity contribution in [1.82, 2.24) is 4.98 Å². The van der Waals surface area contributed by atoms with Crippen LogP contribution in [0.25, 0.3) is 20.8 Å². The average Bonchev–Trinajstić information content (AvgIpc) is 2.82. The maximum atomic E-state index is 10.5. The molecule has 1 heterocycles. The van der Waals surface area contributed by atoms with Gasteiger partial charge in [-0.3, -0.25) is 4.79 Å². The fourth-order valence-electron chi connectivity index (χ4n) is 1.68. The van der Waals surface area contributed by atoms with Crippen LogP contribution in [-0.2, 0) is 4.79 Å². The van der Waals surface area contributed by atoms with Gasteiger partial charge in [-0.2, -0.15) is 0 Å². The van der Waals surface area contributed by atoms with Crippen molar-refractivity contribution in [3.8, 4) is 10.6 Å². The Morgan fingerprint density at radius 3 is 2.47 bits per heavy atom. The molecule has 3 heteroatoms. The van der Waals surface area contributed by atoms with Crippen molar-refractivity contribution in [2.24, 2.45) is 0 Å². The molecule has 0 spiro atoms. The molecule has 3 aromatic rings. The highest BCUT2D eigenvalue weighted by Crippen LogP contribution is 2.29. The molecule has 1 radical (unpaired) electrons. The number of nitrogens with zero attached hydrogens (tertiary/aromatic N) is 1. The van der Waals surface area contributed by atoms with Gasteiger partial charge in [0.15, 0.2) is 0 Å². The minimum absolute atomic E-state index is 0.565. The molecule has 0 aliphatic rings. The number of carbonyl (C=O) groups excluding carboxylic acids is 1. The highest BCUT2D eigenvalue weighted by atomic mass is 32.1. The van der Waals surface area contributed by atoms with E-state index in [4.69, 9.17) is 0 Å². The van der Waals surface area contributed by atoms with Crippen molar-refractivity contribution in [3.63, 3.8) is 0 Å². The van der Waals surface area contributed by atoms with Crippen molar-refractivity contribution in [1.29, 1.82) is 0 Å². The number of benzene rings is 2. The largest absolute Gasteiger partial charge is 0.285 e. The van der Waals surface area contributed by atoms with Gasteiger partial charge in [0, 0.05) is 11.1 Å². The molecule has 3 rings (SSSR count). The molecule has 0 fully saturated rings. The van der Waals surface area contributed by atoms with E-state index in [1.54, 1.807) is 23.5 Å². The van der Waals surface area contributed by atoms with Crippen molar-refractivity contribution in [2.75, 3.05) is 0 Å². The molecule has 0 saturated carbocycles. The molecule has 2 aromatic carbocycles. The van der Waals surface area contributed by atoms with Gasteiger partial charge in [0.25, 0.3) is 0 Å². The van der Waals surface area contributed by atoms with Gasteiger partial charge in [-0.1, -0.05) is 36.4 Å². The molecule has 2 nitrogen and oxygen atoms in total. The van der Waals surface area contributed by atoms with Gasteiger partial charge in [-0.15, -0.1) is 11.3 Å². The van der Waals surface area contributed by atoms with E-state index in [1.165, 1.54) is 4.70 Å². The fourth-order valence-corrected chi connectivity index (χ4v) is 2.65. The number of rotatable bonds is 2. The van der Waals surface area contributed by atoms with Crippen LogP contribution in [-0.4, -0.2) is 11.3 Å². The van der Waals surface area contributed by atoms with Crippen LogP contribution in [0.1, 0.15) is 5.56 Å². The SMILES string of the molecule is O=[C]c1ccc(-c2nc3ccccc3s2)cc1. The third kappa shape index (κ3) is 1.85. The summed E-state index contributed by atoms with van der Waals surface area (Å²) in [5, 5.41) is 0.976. The lowest BCUT2D eigenvalue weighted by molar-refractivity contribution is 0.563. The third-order valence-corrected chi connectivity index (χ3v) is 3.63. The number of fused-ring (bicyclic) bond motifs is 1. The first-order chi connectivity index (χ1) is 8.36. The Morgan fingerprint density at radius 2 is 1.76 bits per heavy atom. The maximum Gasteiger partial charge on any atom is 0.233 e. The van der Waals surface area contributed by atoms with Crippen LogP contribution >= 0.6 is 11.3 Å². The standard InChI is InChI=1S/C14H8NOS/c16-9-10-5-7-11(8-6-10)14-15-12-3-1-2-4-13(12)17-14/h1-8H. The Labute approximate surface area is 103 Å². The Hall–Kier alpha value is -2.00. The molecule has 0 atom stereocenters. The minimum atomic E-state index is 0.565. The number of para-hydroxylation sites is 1. The van der Waals surface area contributed by atoms with Gasteiger partial charge in [-0.25, -0.2) is 4.98 Å². The average molecular weight is 238 g/mol. The Balaban J connectivity index is 2.10. The molecule has 0 bridgehead atoms. The zero-order chi connectivity index (χ0) is 11.7. The first-order valence-electron chi connectivity index (χ1n) is 5.21. The van der Waals surface area contributed by atoms with Crippen molar-refractivity contribution in [3.05, 3.63) is 54.1 Å². The van der Waals surface area contributed by atoms with Crippen molar-refractivity contribution < 1.29 is 4.79 Å². The predicted molar refractivity (Wildman–Crippen MR) is 69.9 cm³/mol. The maximum absolute atomic E-state index is 10.5. The van der Waals surface area contributed by atoms with Crippen LogP contribution in [0.3, 0.4) is 0 Å². The van der Waals surface area contributed by atoms with Gasteiger partial charge in [-0.05, 0) is 12.1 Å². The van der Waals surface area contributed by atoms with E-state index in [2.05, 4.69) is 11.1 Å². The summed E-state index contributed by atoms with van der Waals surface area (Å²) in [7, 11) is 0. The summed E-state index contributed by atoms with van der Waals surface area (Å²) in [6.07, 6.45) is 1.87. The molecule has 0 aliphatic heterocycles. The topological polar surface area (TPSA) is 30.0 Å². The first kappa shape index (κ1) is 10.2. The predicted octanol–water partition coefficient (Wildman–Crippen LogP) is 3.42. The van der Waals surface area contributed by atoms with E-state index in [-0.39, 0.29) is 0 Å². The van der Waals surface area contributed by atoms with Crippen molar-refractivity contribution >= 4 is 27.8 Å². The fraction of sp³-hybridized carbons (Fsp3) is 0. The summed E-state index contributed by atoms with van der Waals surface area (Å²) in [6, 6.07) is 15.4. The van der Waals surface area contributed by atoms with E-state index >= 15 is 0 Å². The van der Waals surface area contributed by atoms with Gasteiger partial charge in [0.2, 0.25) is 6.29 Å². The highest BCUT2D eigenvalue weighted by molar-refractivity contribution is 7.21. The minimum Gasteiger partial charge on any atom is -0.285 e. The molecule has 1 aromatic heterocycles. The lowest BCUT2D eigenvalue weighted by Gasteiger charge is -1.94. The molecule has 81 valence electrons. The van der Waals surface area contributed by atoms with Crippen LogP contribution in [0.2, 0.25) is 0 Å². The van der Waals surface area contributed by atoms with Crippen LogP contribution in [0, 0.1) is 0 Å². The monoisotopic (exact) mass is 238 g/mol. The van der Waals surface area contributed by atoms with Gasteiger partial charge >= 0.3 is 0 Å². The normalized spacial score (nSPS) is 10.6. The van der Waals surface area contributed by atoms with Crippen LogP contribution in [0.5, 0.6) is 0 Å². The highest BCUT2D eigenvalue weighted by Gasteiger charge is 2.05. The first-order valence-corrected chi connectivity index (χ1v) is 6.02. The molecule has 0 unspecified atom stereocenters. The van der Waals surface area contributed by atoms with Crippen LogP contribution < -0.4 is 0 Å². The Morgan fingerprint density at radius 1 is 1.00 bits per heavy atom. The summed E-state index contributed by atoms with van der Waals surface area (Å²) in [6.45, 7) is 0. The van der Waals surface area contributed by atoms with Crippen molar-refractivity contribution in [2.45, 2.75) is 0 Å². The zero-order valence-electron chi connectivity index (χ0n) is 8.88. The summed E-state index contributed by atoms with van der Waals surface area (Å²) in [5.74, 6) is 0. The van der Waals surface area contributed by atoms with E-state index in [1.807, 2.05) is 36.6 Å². The smallest absolute Gasteiger partial charge is 0.233 e. The number of hydrogen-bond donors (Lipinski definition) is 0. The molecular formula is C14H8NOS. The summed E-state index contributed by atoms with van der Waals surface area (Å²) < 4.78 is 1.17. The molecule has 0 N–H and O–H groups in total. The molecule has 17 heavy (non-hydrogen) atoms. The third-order valence-electron chi connectivity index (χ3n) is 2.54. The second-order valence-electron chi connectivity index (χ2n) is 3.67. The molecule has 0 amide bonds. The van der Waals surface area contributed by atoms with E-state index in [0.717, 1.165) is 16.1 Å². The van der Waals surface area contributed by atoms with Gasteiger partial charge in [0.1, 0.15) is 5.01 Å². The zero-order valence-corrected chi connectivity index (χ0v) is 9.70. The molecule has 0 saturated heterocycles. The van der Waals surface area contributed by atoms with Crippen LogP contribution in [0.15, 0.2) is 48.5 Å². The van der Waals surface area contributed by atoms with E-state index < -0.39 is 0 Å². The van der Waals surface area contributed by atoms with E-state index in [9.17, 15) is 4.79 Å². The molecular weight excluding hydrogens is 230 g/mol. The number of hydrogen-bond acceptors (Lipinski definition) is 3. The number of thiazole rings is 1. The quantitative estimate of drug-likeness (QED) is 0.684. The van der Waals surface area contributed by atoms with Gasteiger partial charge < -0.3 is 0 Å². The lowest BCUT2D eigenvalue weighted by Crippen LogP contribution is -1.80. The second-order valence-corrected chi connectivity index (χ2v) is 4.70. The van der Waals surface area contributed by atoms with Gasteiger partial charge in [0.05, 0.1) is 10.2 Å². The second kappa shape index (κ2) is 4.11. The summed E-state index contributed by atoms with van der Waals surface area (Å²) >= 11 is 1.65. The summed E-state index contributed by atoms with van der Waals surface area (Å²) in [4.78, 5) is 15.0. The number of aromatic nitrogens is 1. The van der Waals surface area contributed by atoms with E-state index in [0.29, 0.717) is 5.56 Å².